The van der Waals surface area contributed by atoms with E-state index in [9.17, 15) is 4.79 Å². The smallest absolute Gasteiger partial charge is 0.411 e. The lowest BCUT2D eigenvalue weighted by Crippen LogP contribution is -2.36. The fourth-order valence-corrected chi connectivity index (χ4v) is 2.20. The summed E-state index contributed by atoms with van der Waals surface area (Å²) < 4.78 is 15.8. The van der Waals surface area contributed by atoms with Crippen LogP contribution in [0.4, 0.5) is 4.79 Å². The first-order valence-electron chi connectivity index (χ1n) is 7.47. The maximum atomic E-state index is 11.7. The summed E-state index contributed by atoms with van der Waals surface area (Å²) in [5, 5.41) is 0. The number of hydrogen-bond donors (Lipinski definition) is 0. The van der Waals surface area contributed by atoms with Gasteiger partial charge >= 0.3 is 6.09 Å². The number of hydrogen-bond acceptors (Lipinski definition) is 4. The molecule has 1 saturated heterocycles. The maximum absolute atomic E-state index is 11.7. The number of carbonyl (C=O) groups excluding carboxylic acids is 1. The van der Waals surface area contributed by atoms with Gasteiger partial charge in [0.1, 0.15) is 0 Å². The van der Waals surface area contributed by atoms with Crippen molar-refractivity contribution in [1.29, 1.82) is 0 Å². The summed E-state index contributed by atoms with van der Waals surface area (Å²) in [5.41, 5.74) is 1.13. The Morgan fingerprint density at radius 1 is 1.00 bits per heavy atom. The van der Waals surface area contributed by atoms with Gasteiger partial charge < -0.3 is 19.1 Å². The number of nitrogens with zero attached hydrogens (tertiary/aromatic N) is 1. The first-order chi connectivity index (χ1) is 10.4. The van der Waals surface area contributed by atoms with Gasteiger partial charge in [-0.25, -0.2) is 4.79 Å². The van der Waals surface area contributed by atoms with E-state index in [4.69, 9.17) is 14.2 Å². The summed E-state index contributed by atoms with van der Waals surface area (Å²) in [5.74, 6) is 0. The number of ether oxygens (including phenoxy) is 3. The molecular weight excluding hydrogens is 270 g/mol. The molecule has 0 aromatic heterocycles. The molecule has 0 N–H and O–H groups in total. The monoisotopic (exact) mass is 293 g/mol. The fourth-order valence-electron chi connectivity index (χ4n) is 2.20. The third kappa shape index (κ3) is 6.14. The van der Waals surface area contributed by atoms with Gasteiger partial charge in [-0.3, -0.25) is 0 Å². The zero-order valence-corrected chi connectivity index (χ0v) is 12.3. The molecule has 1 aromatic rings. The van der Waals surface area contributed by atoms with Crippen molar-refractivity contribution in [2.75, 3.05) is 33.1 Å². The highest BCUT2D eigenvalue weighted by atomic mass is 16.7. The normalized spacial score (nSPS) is 15.0. The molecule has 0 saturated carbocycles. The van der Waals surface area contributed by atoms with E-state index in [0.717, 1.165) is 31.5 Å². The van der Waals surface area contributed by atoms with E-state index in [2.05, 4.69) is 0 Å². The van der Waals surface area contributed by atoms with E-state index >= 15 is 0 Å². The fraction of sp³-hybridized carbons (Fsp3) is 0.562. The van der Waals surface area contributed by atoms with Crippen LogP contribution in [-0.2, 0) is 20.8 Å². The molecule has 0 aliphatic carbocycles. The molecule has 21 heavy (non-hydrogen) atoms. The predicted octanol–water partition coefficient (Wildman–Crippen LogP) is 2.80. The lowest BCUT2D eigenvalue weighted by molar-refractivity contribution is -0.0491. The van der Waals surface area contributed by atoms with Gasteiger partial charge in [-0.1, -0.05) is 30.3 Å². The van der Waals surface area contributed by atoms with Gasteiger partial charge in [0.15, 0.2) is 6.79 Å². The van der Waals surface area contributed by atoms with Crippen LogP contribution >= 0.6 is 0 Å². The van der Waals surface area contributed by atoms with Crippen molar-refractivity contribution in [1.82, 2.24) is 4.90 Å². The summed E-state index contributed by atoms with van der Waals surface area (Å²) in [6.45, 7) is 3.04. The van der Waals surface area contributed by atoms with E-state index < -0.39 is 0 Å². The molecule has 1 amide bonds. The second kappa shape index (κ2) is 9.37. The topological polar surface area (TPSA) is 48.0 Å². The summed E-state index contributed by atoms with van der Waals surface area (Å²) in [6.07, 6.45) is 3.03. The van der Waals surface area contributed by atoms with Crippen molar-refractivity contribution in [2.45, 2.75) is 25.9 Å². The van der Waals surface area contributed by atoms with Crippen molar-refractivity contribution in [3.05, 3.63) is 35.9 Å². The average Bonchev–Trinajstić information content (AvgIpc) is 2.55. The Hall–Kier alpha value is -1.59. The van der Waals surface area contributed by atoms with Crippen molar-refractivity contribution >= 4 is 6.09 Å². The lowest BCUT2D eigenvalue weighted by Gasteiger charge is -2.25. The molecule has 5 nitrogen and oxygen atoms in total. The zero-order chi connectivity index (χ0) is 14.8. The van der Waals surface area contributed by atoms with Crippen LogP contribution in [0.1, 0.15) is 24.8 Å². The van der Waals surface area contributed by atoms with Gasteiger partial charge in [-0.05, 0) is 24.8 Å². The number of carbonyl (C=O) groups is 1. The lowest BCUT2D eigenvalue weighted by atomic mass is 10.1. The molecule has 0 spiro atoms. The minimum atomic E-state index is -0.278. The highest BCUT2D eigenvalue weighted by Gasteiger charge is 2.17. The van der Waals surface area contributed by atoms with E-state index in [-0.39, 0.29) is 12.9 Å². The van der Waals surface area contributed by atoms with Crippen molar-refractivity contribution in [3.8, 4) is 0 Å². The van der Waals surface area contributed by atoms with Gasteiger partial charge in [0, 0.05) is 13.1 Å². The molecule has 1 heterocycles. The zero-order valence-electron chi connectivity index (χ0n) is 12.3. The molecule has 1 aliphatic rings. The molecule has 1 fully saturated rings. The number of amides is 1. The molecule has 116 valence electrons. The third-order valence-corrected chi connectivity index (χ3v) is 3.36. The third-order valence-electron chi connectivity index (χ3n) is 3.36. The molecule has 2 rings (SSSR count). The summed E-state index contributed by atoms with van der Waals surface area (Å²) >= 11 is 0. The summed E-state index contributed by atoms with van der Waals surface area (Å²) in [4.78, 5) is 13.4. The molecule has 1 aliphatic heterocycles. The van der Waals surface area contributed by atoms with Crippen LogP contribution in [0.3, 0.4) is 0 Å². The SMILES string of the molecule is O=C(OCOCCOCc1ccccc1)N1CCCCC1. The second-order valence-electron chi connectivity index (χ2n) is 5.02. The van der Waals surface area contributed by atoms with Crippen molar-refractivity contribution < 1.29 is 19.0 Å². The minimum absolute atomic E-state index is 0.00989. The van der Waals surface area contributed by atoms with Crippen molar-refractivity contribution in [3.63, 3.8) is 0 Å². The van der Waals surface area contributed by atoms with E-state index in [1.54, 1.807) is 4.90 Å². The molecule has 0 radical (unpaired) electrons. The van der Waals surface area contributed by atoms with Crippen molar-refractivity contribution in [2.24, 2.45) is 0 Å². The van der Waals surface area contributed by atoms with Crippen LogP contribution in [0, 0.1) is 0 Å². The first-order valence-corrected chi connectivity index (χ1v) is 7.47. The van der Waals surface area contributed by atoms with Gasteiger partial charge in [-0.15, -0.1) is 0 Å². The van der Waals surface area contributed by atoms with Gasteiger partial charge in [0.05, 0.1) is 19.8 Å². The van der Waals surface area contributed by atoms with Gasteiger partial charge in [0.2, 0.25) is 0 Å². The summed E-state index contributed by atoms with van der Waals surface area (Å²) in [7, 11) is 0. The van der Waals surface area contributed by atoms with E-state index in [1.165, 1.54) is 6.42 Å². The standard InChI is InChI=1S/C16H23NO4/c18-16(17-9-5-2-6-10-17)21-14-20-12-11-19-13-15-7-3-1-4-8-15/h1,3-4,7-8H,2,5-6,9-14H2. The Morgan fingerprint density at radius 3 is 2.48 bits per heavy atom. The van der Waals surface area contributed by atoms with Gasteiger partial charge in [-0.2, -0.15) is 0 Å². The number of rotatable bonds is 7. The molecule has 0 unspecified atom stereocenters. The second-order valence-corrected chi connectivity index (χ2v) is 5.02. The Morgan fingerprint density at radius 2 is 1.71 bits per heavy atom. The van der Waals surface area contributed by atoms with E-state index in [0.29, 0.717) is 19.8 Å². The molecular formula is C16H23NO4. The molecule has 0 atom stereocenters. The largest absolute Gasteiger partial charge is 0.422 e. The molecule has 1 aromatic carbocycles. The predicted molar refractivity (Wildman–Crippen MR) is 78.8 cm³/mol. The first kappa shape index (κ1) is 15.8. The van der Waals surface area contributed by atoms with Crippen LogP contribution in [0.2, 0.25) is 0 Å². The Kier molecular flexibility index (Phi) is 7.04. The van der Waals surface area contributed by atoms with Gasteiger partial charge in [0.25, 0.3) is 0 Å². The Bertz CT molecular complexity index is 404. The maximum Gasteiger partial charge on any atom is 0.411 e. The van der Waals surface area contributed by atoms with Crippen LogP contribution in [0.25, 0.3) is 0 Å². The highest BCUT2D eigenvalue weighted by molar-refractivity contribution is 5.67. The summed E-state index contributed by atoms with van der Waals surface area (Å²) in [6, 6.07) is 9.97. The van der Waals surface area contributed by atoms with Crippen LogP contribution in [-0.4, -0.2) is 44.1 Å². The van der Waals surface area contributed by atoms with E-state index in [1.807, 2.05) is 30.3 Å². The molecule has 0 bridgehead atoms. The van der Waals surface area contributed by atoms with Crippen LogP contribution in [0.5, 0.6) is 0 Å². The Labute approximate surface area is 125 Å². The highest BCUT2D eigenvalue weighted by Crippen LogP contribution is 2.09. The number of benzene rings is 1. The average molecular weight is 293 g/mol. The Balaban J connectivity index is 1.45. The molecule has 5 heteroatoms. The minimum Gasteiger partial charge on any atom is -0.422 e. The number of likely N-dealkylation sites (tertiary alicyclic amines) is 1. The number of piperidine rings is 1. The van der Waals surface area contributed by atoms with Crippen LogP contribution in [0.15, 0.2) is 30.3 Å². The quantitative estimate of drug-likeness (QED) is 0.573. The van der Waals surface area contributed by atoms with Crippen LogP contribution < -0.4 is 0 Å².